The number of aromatic nitrogens is 2. The second kappa shape index (κ2) is 11.0. The van der Waals surface area contributed by atoms with Crippen LogP contribution in [0.25, 0.3) is 35.1 Å². The van der Waals surface area contributed by atoms with E-state index in [2.05, 4.69) is 119 Å². The third kappa shape index (κ3) is 5.55. The van der Waals surface area contributed by atoms with E-state index in [9.17, 15) is 0 Å². The van der Waals surface area contributed by atoms with Gasteiger partial charge in [-0.3, -0.25) is 0 Å². The van der Waals surface area contributed by atoms with E-state index in [1.807, 2.05) is 48.5 Å². The normalized spacial score (nSPS) is 11.1. The summed E-state index contributed by atoms with van der Waals surface area (Å²) < 4.78 is 5.91. The maximum absolute atomic E-state index is 5.91. The highest BCUT2D eigenvalue weighted by Gasteiger charge is 2.12. The molecule has 188 valence electrons. The molecule has 0 aliphatic carbocycles. The number of hydrogen-bond donors (Lipinski definition) is 0. The highest BCUT2D eigenvalue weighted by atomic mass is 16.4. The summed E-state index contributed by atoms with van der Waals surface area (Å²) in [6, 6.07) is 45.6. The van der Waals surface area contributed by atoms with Gasteiger partial charge in [0.05, 0.1) is 0 Å². The van der Waals surface area contributed by atoms with Gasteiger partial charge in [0.1, 0.15) is 0 Å². The van der Waals surface area contributed by atoms with Crippen LogP contribution in [-0.4, -0.2) is 10.2 Å². The lowest BCUT2D eigenvalue weighted by molar-refractivity contribution is 0.584. The molecule has 1 aromatic heterocycles. The zero-order valence-corrected chi connectivity index (χ0v) is 21.6. The van der Waals surface area contributed by atoms with E-state index < -0.39 is 0 Å². The summed E-state index contributed by atoms with van der Waals surface area (Å²) in [7, 11) is 0. The van der Waals surface area contributed by atoms with Crippen molar-refractivity contribution >= 4 is 29.2 Å². The number of aryl methyl sites for hydroxylation is 1. The van der Waals surface area contributed by atoms with Gasteiger partial charge in [-0.25, -0.2) is 0 Å². The predicted octanol–water partition coefficient (Wildman–Crippen LogP) is 9.35. The van der Waals surface area contributed by atoms with E-state index in [0.29, 0.717) is 11.8 Å². The molecule has 4 heteroatoms. The van der Waals surface area contributed by atoms with Crippen LogP contribution < -0.4 is 4.90 Å². The Kier molecular flexibility index (Phi) is 6.83. The van der Waals surface area contributed by atoms with Crippen LogP contribution in [0.15, 0.2) is 138 Å². The highest BCUT2D eigenvalue weighted by molar-refractivity contribution is 5.78. The Morgan fingerprint density at radius 1 is 0.487 bits per heavy atom. The molecule has 1 heterocycles. The number of benzene rings is 5. The van der Waals surface area contributed by atoms with Crippen LogP contribution in [0.4, 0.5) is 17.1 Å². The van der Waals surface area contributed by atoms with E-state index in [1.165, 1.54) is 5.56 Å². The molecule has 0 aliphatic heterocycles. The van der Waals surface area contributed by atoms with E-state index in [0.717, 1.165) is 39.3 Å². The maximum atomic E-state index is 5.91. The third-order valence-corrected chi connectivity index (χ3v) is 6.53. The van der Waals surface area contributed by atoms with Gasteiger partial charge in [0.25, 0.3) is 0 Å². The monoisotopic (exact) mass is 505 g/mol. The molecule has 6 rings (SSSR count). The number of rotatable bonds is 7. The average Bonchev–Trinajstić information content (AvgIpc) is 3.49. The smallest absolute Gasteiger partial charge is 0.248 e. The molecule has 0 saturated carbocycles. The molecular formula is C35H27N3O. The predicted molar refractivity (Wildman–Crippen MR) is 160 cm³/mol. The van der Waals surface area contributed by atoms with Crippen molar-refractivity contribution < 1.29 is 4.42 Å². The molecule has 0 unspecified atom stereocenters. The fourth-order valence-corrected chi connectivity index (χ4v) is 4.42. The molecule has 0 spiro atoms. The SMILES string of the molecule is Cc1ccc(-c2nnc(-c3ccc(/C=C/c4ccc(N(c5ccccc5)c5ccccc5)cc4)cc3)o2)cc1. The largest absolute Gasteiger partial charge is 0.416 e. The molecule has 0 radical (unpaired) electrons. The Morgan fingerprint density at radius 3 is 1.38 bits per heavy atom. The second-order valence-corrected chi connectivity index (χ2v) is 9.33. The highest BCUT2D eigenvalue weighted by Crippen LogP contribution is 2.34. The molecule has 0 aliphatic rings. The van der Waals surface area contributed by atoms with Gasteiger partial charge < -0.3 is 9.32 Å². The summed E-state index contributed by atoms with van der Waals surface area (Å²) in [4.78, 5) is 2.26. The first kappa shape index (κ1) is 24.1. The van der Waals surface area contributed by atoms with Gasteiger partial charge in [-0.2, -0.15) is 0 Å². The summed E-state index contributed by atoms with van der Waals surface area (Å²) >= 11 is 0. The van der Waals surface area contributed by atoms with Crippen LogP contribution in [0.5, 0.6) is 0 Å². The molecule has 0 atom stereocenters. The summed E-state index contributed by atoms with van der Waals surface area (Å²) in [5.74, 6) is 1.04. The molecule has 0 fully saturated rings. The summed E-state index contributed by atoms with van der Waals surface area (Å²) in [6.45, 7) is 2.06. The fraction of sp³-hybridized carbons (Fsp3) is 0.0286. The number of nitrogens with zero attached hydrogens (tertiary/aromatic N) is 3. The van der Waals surface area contributed by atoms with Crippen molar-refractivity contribution in [3.63, 3.8) is 0 Å². The lowest BCUT2D eigenvalue weighted by atomic mass is 10.1. The zero-order valence-electron chi connectivity index (χ0n) is 21.6. The number of anilines is 3. The van der Waals surface area contributed by atoms with Crippen LogP contribution in [0.3, 0.4) is 0 Å². The molecule has 39 heavy (non-hydrogen) atoms. The van der Waals surface area contributed by atoms with E-state index in [4.69, 9.17) is 4.42 Å². The Balaban J connectivity index is 1.17. The topological polar surface area (TPSA) is 42.2 Å². The fourth-order valence-electron chi connectivity index (χ4n) is 4.42. The standard InChI is InChI=1S/C35H27N3O/c1-26-12-20-29(21-13-26)34-36-37-35(39-34)30-22-16-27(17-23-30)14-15-28-18-24-33(25-19-28)38(31-8-4-2-5-9-31)32-10-6-3-7-11-32/h2-25H,1H3/b15-14+. The quantitative estimate of drug-likeness (QED) is 0.203. The van der Waals surface area contributed by atoms with Gasteiger partial charge in [-0.15, -0.1) is 10.2 Å². The van der Waals surface area contributed by atoms with Crippen molar-refractivity contribution in [1.29, 1.82) is 0 Å². The Bertz CT molecular complexity index is 1630. The van der Waals surface area contributed by atoms with Crippen molar-refractivity contribution in [1.82, 2.24) is 10.2 Å². The summed E-state index contributed by atoms with van der Waals surface area (Å²) in [6.07, 6.45) is 4.23. The van der Waals surface area contributed by atoms with Crippen LogP contribution in [0.1, 0.15) is 16.7 Å². The molecule has 0 amide bonds. The summed E-state index contributed by atoms with van der Waals surface area (Å²) in [5, 5.41) is 8.45. The summed E-state index contributed by atoms with van der Waals surface area (Å²) in [5.41, 5.74) is 8.58. The molecule has 0 N–H and O–H groups in total. The molecular weight excluding hydrogens is 478 g/mol. The van der Waals surface area contributed by atoms with Gasteiger partial charge in [0.15, 0.2) is 0 Å². The third-order valence-electron chi connectivity index (χ3n) is 6.53. The molecule has 5 aromatic carbocycles. The zero-order chi connectivity index (χ0) is 26.4. The van der Waals surface area contributed by atoms with Crippen molar-refractivity contribution in [3.05, 3.63) is 150 Å². The van der Waals surface area contributed by atoms with Crippen molar-refractivity contribution in [3.8, 4) is 22.9 Å². The van der Waals surface area contributed by atoms with Gasteiger partial charge in [0.2, 0.25) is 11.8 Å². The molecule has 6 aromatic rings. The minimum atomic E-state index is 0.512. The van der Waals surface area contributed by atoms with Gasteiger partial charge in [0, 0.05) is 28.2 Å². The van der Waals surface area contributed by atoms with Gasteiger partial charge >= 0.3 is 0 Å². The van der Waals surface area contributed by atoms with E-state index in [-0.39, 0.29) is 0 Å². The molecule has 0 saturated heterocycles. The number of hydrogen-bond acceptors (Lipinski definition) is 4. The van der Waals surface area contributed by atoms with Crippen molar-refractivity contribution in [2.75, 3.05) is 4.90 Å². The van der Waals surface area contributed by atoms with Crippen molar-refractivity contribution in [2.45, 2.75) is 6.92 Å². The minimum Gasteiger partial charge on any atom is -0.416 e. The van der Waals surface area contributed by atoms with E-state index >= 15 is 0 Å². The van der Waals surface area contributed by atoms with Crippen LogP contribution in [0, 0.1) is 6.92 Å². The lowest BCUT2D eigenvalue weighted by Crippen LogP contribution is -2.09. The number of para-hydroxylation sites is 2. The average molecular weight is 506 g/mol. The van der Waals surface area contributed by atoms with Crippen molar-refractivity contribution in [2.24, 2.45) is 0 Å². The van der Waals surface area contributed by atoms with Gasteiger partial charge in [-0.1, -0.05) is 90.5 Å². The first-order valence-electron chi connectivity index (χ1n) is 12.9. The molecule has 4 nitrogen and oxygen atoms in total. The minimum absolute atomic E-state index is 0.512. The van der Waals surface area contributed by atoms with Crippen LogP contribution >= 0.6 is 0 Å². The first-order valence-corrected chi connectivity index (χ1v) is 12.9. The van der Waals surface area contributed by atoms with E-state index in [1.54, 1.807) is 0 Å². The second-order valence-electron chi connectivity index (χ2n) is 9.33. The van der Waals surface area contributed by atoms with Crippen LogP contribution in [0.2, 0.25) is 0 Å². The molecule has 0 bridgehead atoms. The van der Waals surface area contributed by atoms with Crippen LogP contribution in [-0.2, 0) is 0 Å². The Morgan fingerprint density at radius 2 is 0.897 bits per heavy atom. The lowest BCUT2D eigenvalue weighted by Gasteiger charge is -2.25. The van der Waals surface area contributed by atoms with Gasteiger partial charge in [-0.05, 0) is 78.7 Å². The Labute approximate surface area is 228 Å². The maximum Gasteiger partial charge on any atom is 0.248 e. The Hall–Kier alpha value is -5.22. The first-order chi connectivity index (χ1) is 19.2.